The lowest BCUT2D eigenvalue weighted by Crippen LogP contribution is -2.26. The molecule has 7 heteroatoms. The first kappa shape index (κ1) is 19.5. The second-order valence-electron chi connectivity index (χ2n) is 6.45. The Kier molecular flexibility index (Phi) is 6.03. The average Bonchev–Trinajstić information content (AvgIpc) is 3.33. The Morgan fingerprint density at radius 1 is 1.21 bits per heavy atom. The summed E-state index contributed by atoms with van der Waals surface area (Å²) in [5.74, 6) is 2.01. The van der Waals surface area contributed by atoms with Crippen molar-refractivity contribution in [2.45, 2.75) is 40.0 Å². The molecular formula is C21H25N3O4. The minimum atomic E-state index is -0.271. The Hall–Kier alpha value is -3.22. The van der Waals surface area contributed by atoms with Crippen LogP contribution in [0.15, 0.2) is 47.0 Å². The molecule has 1 amide bonds. The summed E-state index contributed by atoms with van der Waals surface area (Å²) in [4.78, 5) is 12.5. The molecule has 1 atom stereocenters. The van der Waals surface area contributed by atoms with Crippen molar-refractivity contribution in [2.24, 2.45) is 0 Å². The monoisotopic (exact) mass is 383 g/mol. The van der Waals surface area contributed by atoms with Gasteiger partial charge in [0.1, 0.15) is 23.9 Å². The molecule has 148 valence electrons. The van der Waals surface area contributed by atoms with E-state index >= 15 is 0 Å². The van der Waals surface area contributed by atoms with E-state index in [1.165, 1.54) is 0 Å². The first-order chi connectivity index (χ1) is 13.5. The summed E-state index contributed by atoms with van der Waals surface area (Å²) in [5, 5.41) is 7.37. The molecule has 1 aromatic carbocycles. The standard InChI is InChI=1S/C21H25N3O4/c1-5-24-12-19(15(3)23-24)14(2)22-21(25)20-11-10-18(28-20)13-27-17-8-6-16(26-4)7-9-17/h6-12,14H,5,13H2,1-4H3,(H,22,25). The number of benzene rings is 1. The van der Waals surface area contributed by atoms with E-state index in [0.29, 0.717) is 11.5 Å². The maximum atomic E-state index is 12.5. The number of ether oxygens (including phenoxy) is 2. The normalized spacial score (nSPS) is 11.9. The van der Waals surface area contributed by atoms with E-state index in [9.17, 15) is 4.79 Å². The van der Waals surface area contributed by atoms with Crippen molar-refractivity contribution in [1.29, 1.82) is 0 Å². The van der Waals surface area contributed by atoms with Gasteiger partial charge < -0.3 is 19.2 Å². The average molecular weight is 383 g/mol. The van der Waals surface area contributed by atoms with Crippen LogP contribution in [0, 0.1) is 6.92 Å². The van der Waals surface area contributed by atoms with E-state index in [-0.39, 0.29) is 24.3 Å². The molecule has 2 heterocycles. The SMILES string of the molecule is CCn1cc(C(C)NC(=O)c2ccc(COc3ccc(OC)cc3)o2)c(C)n1. The maximum absolute atomic E-state index is 12.5. The lowest BCUT2D eigenvalue weighted by Gasteiger charge is -2.12. The Morgan fingerprint density at radius 2 is 1.93 bits per heavy atom. The van der Waals surface area contributed by atoms with Gasteiger partial charge >= 0.3 is 0 Å². The number of nitrogens with one attached hydrogen (secondary N) is 1. The molecule has 0 saturated heterocycles. The molecule has 2 aromatic heterocycles. The maximum Gasteiger partial charge on any atom is 0.287 e. The van der Waals surface area contributed by atoms with Gasteiger partial charge in [-0.05, 0) is 57.2 Å². The topological polar surface area (TPSA) is 78.5 Å². The molecule has 0 radical (unpaired) electrons. The number of aromatic nitrogens is 2. The molecule has 0 saturated carbocycles. The summed E-state index contributed by atoms with van der Waals surface area (Å²) in [5.41, 5.74) is 1.90. The predicted octanol–water partition coefficient (Wildman–Crippen LogP) is 3.88. The van der Waals surface area contributed by atoms with Crippen LogP contribution in [0.5, 0.6) is 11.5 Å². The van der Waals surface area contributed by atoms with E-state index in [0.717, 1.165) is 23.6 Å². The van der Waals surface area contributed by atoms with Crippen molar-refractivity contribution in [1.82, 2.24) is 15.1 Å². The van der Waals surface area contributed by atoms with Gasteiger partial charge in [0.15, 0.2) is 5.76 Å². The Labute approximate surface area is 164 Å². The smallest absolute Gasteiger partial charge is 0.287 e. The molecule has 1 N–H and O–H groups in total. The summed E-state index contributed by atoms with van der Waals surface area (Å²) < 4.78 is 18.3. The second-order valence-corrected chi connectivity index (χ2v) is 6.45. The number of hydrogen-bond donors (Lipinski definition) is 1. The number of aryl methyl sites for hydroxylation is 2. The first-order valence-corrected chi connectivity index (χ1v) is 9.20. The van der Waals surface area contributed by atoms with Crippen molar-refractivity contribution in [3.63, 3.8) is 0 Å². The number of methoxy groups -OCH3 is 1. The van der Waals surface area contributed by atoms with Crippen LogP contribution in [0.4, 0.5) is 0 Å². The van der Waals surface area contributed by atoms with Crippen molar-refractivity contribution < 1.29 is 18.7 Å². The number of hydrogen-bond acceptors (Lipinski definition) is 5. The van der Waals surface area contributed by atoms with Crippen LogP contribution in [0.3, 0.4) is 0 Å². The van der Waals surface area contributed by atoms with Gasteiger partial charge in [-0.3, -0.25) is 9.48 Å². The van der Waals surface area contributed by atoms with Gasteiger partial charge in [0.25, 0.3) is 5.91 Å². The third-order valence-corrected chi connectivity index (χ3v) is 4.45. The van der Waals surface area contributed by atoms with Gasteiger partial charge in [0.05, 0.1) is 18.8 Å². The molecule has 3 aromatic rings. The highest BCUT2D eigenvalue weighted by molar-refractivity contribution is 5.91. The molecule has 0 aliphatic rings. The molecule has 0 bridgehead atoms. The van der Waals surface area contributed by atoms with Crippen molar-refractivity contribution in [3.05, 3.63) is 65.4 Å². The Morgan fingerprint density at radius 3 is 2.57 bits per heavy atom. The fourth-order valence-corrected chi connectivity index (χ4v) is 2.87. The van der Waals surface area contributed by atoms with Crippen LogP contribution in [0.2, 0.25) is 0 Å². The Balaban J connectivity index is 1.57. The number of carbonyl (C=O) groups is 1. The molecule has 1 unspecified atom stereocenters. The number of rotatable bonds is 8. The van der Waals surface area contributed by atoms with Crippen LogP contribution in [-0.2, 0) is 13.2 Å². The molecule has 0 spiro atoms. The largest absolute Gasteiger partial charge is 0.497 e. The van der Waals surface area contributed by atoms with Gasteiger partial charge in [0.2, 0.25) is 0 Å². The van der Waals surface area contributed by atoms with E-state index in [1.54, 1.807) is 19.2 Å². The highest BCUT2D eigenvalue weighted by Gasteiger charge is 2.18. The lowest BCUT2D eigenvalue weighted by atomic mass is 10.1. The van der Waals surface area contributed by atoms with Crippen LogP contribution in [0.1, 0.15) is 47.5 Å². The summed E-state index contributed by atoms with van der Waals surface area (Å²) in [6, 6.07) is 10.5. The molecule has 0 fully saturated rings. The minimum Gasteiger partial charge on any atom is -0.497 e. The predicted molar refractivity (Wildman–Crippen MR) is 105 cm³/mol. The number of carbonyl (C=O) groups excluding carboxylic acids is 1. The van der Waals surface area contributed by atoms with E-state index < -0.39 is 0 Å². The van der Waals surface area contributed by atoms with Crippen LogP contribution in [0.25, 0.3) is 0 Å². The number of furan rings is 1. The third kappa shape index (κ3) is 4.54. The van der Waals surface area contributed by atoms with Crippen molar-refractivity contribution in [2.75, 3.05) is 7.11 Å². The van der Waals surface area contributed by atoms with E-state index in [4.69, 9.17) is 13.9 Å². The molecule has 0 aliphatic carbocycles. The zero-order valence-corrected chi connectivity index (χ0v) is 16.6. The zero-order valence-electron chi connectivity index (χ0n) is 16.6. The fourth-order valence-electron chi connectivity index (χ4n) is 2.87. The Bertz CT molecular complexity index is 928. The van der Waals surface area contributed by atoms with Crippen LogP contribution < -0.4 is 14.8 Å². The van der Waals surface area contributed by atoms with Crippen LogP contribution in [-0.4, -0.2) is 22.8 Å². The molecule has 0 aliphatic heterocycles. The number of nitrogens with zero attached hydrogens (tertiary/aromatic N) is 2. The zero-order chi connectivity index (χ0) is 20.1. The summed E-state index contributed by atoms with van der Waals surface area (Å²) in [6.07, 6.45) is 1.95. The van der Waals surface area contributed by atoms with Crippen LogP contribution >= 0.6 is 0 Å². The molecule has 7 nitrogen and oxygen atoms in total. The molecule has 28 heavy (non-hydrogen) atoms. The minimum absolute atomic E-state index is 0.170. The summed E-state index contributed by atoms with van der Waals surface area (Å²) in [6.45, 7) is 6.91. The van der Waals surface area contributed by atoms with Crippen molar-refractivity contribution >= 4 is 5.91 Å². The second kappa shape index (κ2) is 8.65. The number of amides is 1. The summed E-state index contributed by atoms with van der Waals surface area (Å²) in [7, 11) is 1.61. The van der Waals surface area contributed by atoms with E-state index in [2.05, 4.69) is 10.4 Å². The van der Waals surface area contributed by atoms with Crippen molar-refractivity contribution in [3.8, 4) is 11.5 Å². The quantitative estimate of drug-likeness (QED) is 0.639. The highest BCUT2D eigenvalue weighted by Crippen LogP contribution is 2.20. The summed E-state index contributed by atoms with van der Waals surface area (Å²) >= 11 is 0. The van der Waals surface area contributed by atoms with Gasteiger partial charge in [-0.25, -0.2) is 0 Å². The van der Waals surface area contributed by atoms with E-state index in [1.807, 2.05) is 55.9 Å². The third-order valence-electron chi connectivity index (χ3n) is 4.45. The molecular weight excluding hydrogens is 358 g/mol. The fraction of sp³-hybridized carbons (Fsp3) is 0.333. The highest BCUT2D eigenvalue weighted by atomic mass is 16.5. The van der Waals surface area contributed by atoms with Gasteiger partial charge in [-0.2, -0.15) is 5.10 Å². The lowest BCUT2D eigenvalue weighted by molar-refractivity contribution is 0.0907. The first-order valence-electron chi connectivity index (χ1n) is 9.20. The van der Waals surface area contributed by atoms with Gasteiger partial charge in [-0.1, -0.05) is 0 Å². The van der Waals surface area contributed by atoms with Gasteiger partial charge in [0, 0.05) is 18.3 Å². The molecule has 3 rings (SSSR count). The van der Waals surface area contributed by atoms with Gasteiger partial charge in [-0.15, -0.1) is 0 Å².